The third kappa shape index (κ3) is 3.87. The molecule has 1 aromatic rings. The highest BCUT2D eigenvalue weighted by atomic mass is 16.2. The number of hydrazone groups is 1. The lowest BCUT2D eigenvalue weighted by Gasteiger charge is -1.99. The van der Waals surface area contributed by atoms with Crippen LogP contribution in [0, 0.1) is 0 Å². The van der Waals surface area contributed by atoms with E-state index in [-0.39, 0.29) is 0 Å². The molecule has 16 heavy (non-hydrogen) atoms. The number of nitrogens with one attached hydrogen (secondary N) is 2. The Morgan fingerprint density at radius 2 is 2.31 bits per heavy atom. The number of likely N-dealkylation sites (N-methyl/N-ethyl adjacent to an activating group) is 1. The number of amides is 2. The number of rotatable bonds is 3. The maximum atomic E-state index is 11.1. The van der Waals surface area contributed by atoms with Crippen molar-refractivity contribution in [2.24, 2.45) is 5.10 Å². The first-order valence-electron chi connectivity index (χ1n) is 4.75. The first-order chi connectivity index (χ1) is 7.74. The standard InChI is InChI=1S/C10H12N4O2/c1-2-12-9(15)10(16)14-13-7-8-4-3-5-11-6-8/h3-7H,2H2,1H3,(H,12,15)(H,14,16)/b13-7-. The number of hydrogen-bond donors (Lipinski definition) is 2. The fourth-order valence-corrected chi connectivity index (χ4v) is 0.909. The van der Waals surface area contributed by atoms with E-state index in [1.165, 1.54) is 6.21 Å². The van der Waals surface area contributed by atoms with Gasteiger partial charge in [0, 0.05) is 24.5 Å². The first-order valence-corrected chi connectivity index (χ1v) is 4.75. The van der Waals surface area contributed by atoms with Gasteiger partial charge in [-0.15, -0.1) is 0 Å². The maximum Gasteiger partial charge on any atom is 0.329 e. The minimum absolute atomic E-state index is 0.401. The van der Waals surface area contributed by atoms with Gasteiger partial charge in [0.25, 0.3) is 0 Å². The second-order valence-corrected chi connectivity index (χ2v) is 2.84. The summed E-state index contributed by atoms with van der Waals surface area (Å²) in [7, 11) is 0. The Labute approximate surface area is 92.8 Å². The van der Waals surface area contributed by atoms with Crippen LogP contribution in [0.3, 0.4) is 0 Å². The lowest BCUT2D eigenvalue weighted by Crippen LogP contribution is -2.37. The molecule has 2 amide bonds. The number of hydrogen-bond acceptors (Lipinski definition) is 4. The highest BCUT2D eigenvalue weighted by Gasteiger charge is 2.09. The molecule has 0 aliphatic carbocycles. The molecule has 0 unspecified atom stereocenters. The van der Waals surface area contributed by atoms with Crippen molar-refractivity contribution in [3.8, 4) is 0 Å². The van der Waals surface area contributed by atoms with Crippen LogP contribution >= 0.6 is 0 Å². The minimum Gasteiger partial charge on any atom is -0.348 e. The number of carbonyl (C=O) groups is 2. The molecule has 1 rings (SSSR count). The van der Waals surface area contributed by atoms with E-state index in [1.54, 1.807) is 31.5 Å². The summed E-state index contributed by atoms with van der Waals surface area (Å²) in [6.45, 7) is 2.13. The van der Waals surface area contributed by atoms with Crippen molar-refractivity contribution in [2.45, 2.75) is 6.92 Å². The molecule has 0 saturated heterocycles. The van der Waals surface area contributed by atoms with Gasteiger partial charge in [0.05, 0.1) is 6.21 Å². The molecule has 84 valence electrons. The predicted octanol–water partition coefficient (Wildman–Crippen LogP) is -0.332. The van der Waals surface area contributed by atoms with E-state index in [4.69, 9.17) is 0 Å². The zero-order chi connectivity index (χ0) is 11.8. The molecule has 0 radical (unpaired) electrons. The second-order valence-electron chi connectivity index (χ2n) is 2.84. The van der Waals surface area contributed by atoms with Gasteiger partial charge in [-0.25, -0.2) is 5.43 Å². The molecule has 6 nitrogen and oxygen atoms in total. The molecule has 0 spiro atoms. The molecule has 1 heterocycles. The molecule has 6 heteroatoms. The summed E-state index contributed by atoms with van der Waals surface area (Å²) in [6.07, 6.45) is 4.62. The number of carbonyl (C=O) groups excluding carboxylic acids is 2. The molecule has 2 N–H and O–H groups in total. The van der Waals surface area contributed by atoms with Crippen LogP contribution in [-0.2, 0) is 9.59 Å². The quantitative estimate of drug-likeness (QED) is 0.415. The molecule has 0 bridgehead atoms. The Hall–Kier alpha value is -2.24. The van der Waals surface area contributed by atoms with E-state index in [0.717, 1.165) is 5.56 Å². The fourth-order valence-electron chi connectivity index (χ4n) is 0.909. The van der Waals surface area contributed by atoms with Crippen LogP contribution in [0.4, 0.5) is 0 Å². The summed E-state index contributed by atoms with van der Waals surface area (Å²) >= 11 is 0. The third-order valence-corrected chi connectivity index (χ3v) is 1.61. The molecule has 0 saturated carbocycles. The van der Waals surface area contributed by atoms with Crippen LogP contribution in [0.15, 0.2) is 29.6 Å². The Morgan fingerprint density at radius 1 is 1.50 bits per heavy atom. The molecule has 0 aliphatic heterocycles. The first kappa shape index (κ1) is 11.8. The predicted molar refractivity (Wildman–Crippen MR) is 58.7 cm³/mol. The van der Waals surface area contributed by atoms with Crippen molar-refractivity contribution in [1.29, 1.82) is 0 Å². The zero-order valence-corrected chi connectivity index (χ0v) is 8.80. The summed E-state index contributed by atoms with van der Waals surface area (Å²) in [5, 5.41) is 5.98. The van der Waals surface area contributed by atoms with Crippen LogP contribution in [-0.4, -0.2) is 29.6 Å². The number of nitrogens with zero attached hydrogens (tertiary/aromatic N) is 2. The Bertz CT molecular complexity index is 389. The molecule has 0 aromatic carbocycles. The van der Waals surface area contributed by atoms with E-state index in [1.807, 2.05) is 0 Å². The smallest absolute Gasteiger partial charge is 0.329 e. The largest absolute Gasteiger partial charge is 0.348 e. The molecule has 0 aliphatic rings. The maximum absolute atomic E-state index is 11.1. The average molecular weight is 220 g/mol. The van der Waals surface area contributed by atoms with E-state index in [0.29, 0.717) is 6.54 Å². The van der Waals surface area contributed by atoms with Crippen molar-refractivity contribution >= 4 is 18.0 Å². The van der Waals surface area contributed by atoms with Crippen molar-refractivity contribution in [3.63, 3.8) is 0 Å². The molecular weight excluding hydrogens is 208 g/mol. The number of aromatic nitrogens is 1. The van der Waals surface area contributed by atoms with E-state index in [2.05, 4.69) is 20.8 Å². The van der Waals surface area contributed by atoms with E-state index < -0.39 is 11.8 Å². The molecular formula is C10H12N4O2. The van der Waals surface area contributed by atoms with Gasteiger partial charge in [-0.2, -0.15) is 5.10 Å². The third-order valence-electron chi connectivity index (χ3n) is 1.61. The normalized spacial score (nSPS) is 10.1. The second kappa shape index (κ2) is 6.28. The fraction of sp³-hybridized carbons (Fsp3) is 0.200. The van der Waals surface area contributed by atoms with Gasteiger partial charge >= 0.3 is 11.8 Å². The van der Waals surface area contributed by atoms with Crippen LogP contribution in [0.2, 0.25) is 0 Å². The summed E-state index contributed by atoms with van der Waals surface area (Å²) in [5.41, 5.74) is 2.84. The van der Waals surface area contributed by atoms with Crippen molar-refractivity contribution in [2.75, 3.05) is 6.54 Å². The summed E-state index contributed by atoms with van der Waals surface area (Å²) < 4.78 is 0. The van der Waals surface area contributed by atoms with Crippen molar-refractivity contribution < 1.29 is 9.59 Å². The van der Waals surface area contributed by atoms with Gasteiger partial charge in [0.15, 0.2) is 0 Å². The SMILES string of the molecule is CCNC(=O)C(=O)N/N=C\c1cccnc1. The lowest BCUT2D eigenvalue weighted by atomic mass is 10.3. The Morgan fingerprint density at radius 3 is 2.94 bits per heavy atom. The topological polar surface area (TPSA) is 83.5 Å². The van der Waals surface area contributed by atoms with E-state index >= 15 is 0 Å². The van der Waals surface area contributed by atoms with Gasteiger partial charge in [-0.1, -0.05) is 6.07 Å². The van der Waals surface area contributed by atoms with Crippen LogP contribution in [0.5, 0.6) is 0 Å². The van der Waals surface area contributed by atoms with Crippen LogP contribution in [0.25, 0.3) is 0 Å². The summed E-state index contributed by atoms with van der Waals surface area (Å²) in [6, 6.07) is 3.52. The Kier molecular flexibility index (Phi) is 4.65. The zero-order valence-electron chi connectivity index (χ0n) is 8.80. The highest BCUT2D eigenvalue weighted by molar-refractivity contribution is 6.35. The van der Waals surface area contributed by atoms with Gasteiger partial charge in [0.2, 0.25) is 0 Å². The van der Waals surface area contributed by atoms with Crippen molar-refractivity contribution in [1.82, 2.24) is 15.7 Å². The van der Waals surface area contributed by atoms with Crippen LogP contribution in [0.1, 0.15) is 12.5 Å². The molecule has 0 atom stereocenters. The van der Waals surface area contributed by atoms with Gasteiger partial charge in [-0.05, 0) is 13.0 Å². The lowest BCUT2D eigenvalue weighted by molar-refractivity contribution is -0.139. The van der Waals surface area contributed by atoms with Gasteiger partial charge in [0.1, 0.15) is 0 Å². The number of pyridine rings is 1. The monoisotopic (exact) mass is 220 g/mol. The average Bonchev–Trinajstić information content (AvgIpc) is 2.30. The summed E-state index contributed by atoms with van der Waals surface area (Å²) in [5.74, 6) is -1.49. The minimum atomic E-state index is -0.790. The molecule has 1 aromatic heterocycles. The highest BCUT2D eigenvalue weighted by Crippen LogP contribution is 1.89. The molecule has 0 fully saturated rings. The van der Waals surface area contributed by atoms with E-state index in [9.17, 15) is 9.59 Å². The Balaban J connectivity index is 2.43. The van der Waals surface area contributed by atoms with Crippen molar-refractivity contribution in [3.05, 3.63) is 30.1 Å². The van der Waals surface area contributed by atoms with Gasteiger partial charge in [-0.3, -0.25) is 14.6 Å². The van der Waals surface area contributed by atoms with Crippen LogP contribution < -0.4 is 10.7 Å². The van der Waals surface area contributed by atoms with Gasteiger partial charge < -0.3 is 5.32 Å². The summed E-state index contributed by atoms with van der Waals surface area (Å²) in [4.78, 5) is 25.9.